The van der Waals surface area contributed by atoms with Crippen LogP contribution in [0.1, 0.15) is 17.5 Å². The Bertz CT molecular complexity index is 1220. The number of thioether (sulfide) groups is 1. The molecule has 3 aromatic carbocycles. The van der Waals surface area contributed by atoms with Crippen LogP contribution in [-0.4, -0.2) is 31.7 Å². The van der Waals surface area contributed by atoms with Crippen LogP contribution in [0.4, 0.5) is 4.39 Å². The summed E-state index contributed by atoms with van der Waals surface area (Å²) < 4.78 is 27.4. The fourth-order valence-electron chi connectivity index (χ4n) is 3.56. The number of aromatic nitrogens is 3. The van der Waals surface area contributed by atoms with Crippen LogP contribution in [0.25, 0.3) is 5.69 Å². The minimum atomic E-state index is -0.705. The highest BCUT2D eigenvalue weighted by atomic mass is 32.2. The molecule has 0 saturated carbocycles. The smallest absolute Gasteiger partial charge is 0.196 e. The molecule has 32 heavy (non-hydrogen) atoms. The minimum Gasteiger partial charge on any atom is -0.492 e. The number of halogens is 1. The zero-order chi connectivity index (χ0) is 21.9. The number of benzene rings is 3. The molecule has 6 nitrogen and oxygen atoms in total. The number of nitrogens with zero attached hydrogens (tertiary/aromatic N) is 3. The van der Waals surface area contributed by atoms with Crippen molar-refractivity contribution in [3.8, 4) is 17.2 Å². The van der Waals surface area contributed by atoms with Crippen molar-refractivity contribution < 1.29 is 19.0 Å². The topological polar surface area (TPSA) is 69.4 Å². The third-order valence-electron chi connectivity index (χ3n) is 5.16. The number of fused-ring (bicyclic) bond motifs is 1. The third kappa shape index (κ3) is 4.06. The van der Waals surface area contributed by atoms with E-state index in [1.807, 2.05) is 59.2 Å². The van der Waals surface area contributed by atoms with Gasteiger partial charge in [0.1, 0.15) is 19.0 Å². The van der Waals surface area contributed by atoms with Crippen LogP contribution in [0.2, 0.25) is 0 Å². The van der Waals surface area contributed by atoms with E-state index in [9.17, 15) is 9.50 Å². The molecule has 0 spiro atoms. The van der Waals surface area contributed by atoms with E-state index in [1.54, 1.807) is 18.2 Å². The first kappa shape index (κ1) is 20.5. The van der Waals surface area contributed by atoms with E-state index in [4.69, 9.17) is 9.47 Å². The summed E-state index contributed by atoms with van der Waals surface area (Å²) in [5.41, 5.74) is 1.60. The van der Waals surface area contributed by atoms with Gasteiger partial charge >= 0.3 is 0 Å². The first-order valence-electron chi connectivity index (χ1n) is 10.1. The average molecular weight is 450 g/mol. The Labute approximate surface area is 188 Å². The summed E-state index contributed by atoms with van der Waals surface area (Å²) in [5, 5.41) is 19.9. The molecule has 2 atom stereocenters. The van der Waals surface area contributed by atoms with E-state index in [1.165, 1.54) is 17.8 Å². The van der Waals surface area contributed by atoms with E-state index in [0.717, 1.165) is 11.3 Å². The van der Waals surface area contributed by atoms with Crippen molar-refractivity contribution in [2.24, 2.45) is 0 Å². The SMILES string of the molecule is O[C@H]1c2ccccc2OC[C@@H]1Sc1nnc(COc2ccccc2F)n1-c1ccccc1. The van der Waals surface area contributed by atoms with E-state index in [0.29, 0.717) is 23.3 Å². The van der Waals surface area contributed by atoms with Gasteiger partial charge in [-0.1, -0.05) is 60.3 Å². The van der Waals surface area contributed by atoms with Gasteiger partial charge in [0.25, 0.3) is 0 Å². The second-order valence-corrected chi connectivity index (χ2v) is 8.45. The van der Waals surface area contributed by atoms with Crippen molar-refractivity contribution >= 4 is 11.8 Å². The zero-order valence-electron chi connectivity index (χ0n) is 17.0. The first-order valence-corrected chi connectivity index (χ1v) is 11.0. The normalized spacial score (nSPS) is 17.4. The van der Waals surface area contributed by atoms with E-state index < -0.39 is 11.9 Å². The summed E-state index contributed by atoms with van der Waals surface area (Å²) in [6.45, 7) is 0.376. The second-order valence-electron chi connectivity index (χ2n) is 7.24. The molecule has 1 N–H and O–H groups in total. The Morgan fingerprint density at radius 1 is 1.00 bits per heavy atom. The molecule has 0 saturated heterocycles. The molecule has 0 aliphatic carbocycles. The molecule has 5 rings (SSSR count). The zero-order valence-corrected chi connectivity index (χ0v) is 17.8. The lowest BCUT2D eigenvalue weighted by Crippen LogP contribution is -2.28. The maximum absolute atomic E-state index is 14.0. The molecule has 1 aliphatic heterocycles. The largest absolute Gasteiger partial charge is 0.492 e. The predicted molar refractivity (Wildman–Crippen MR) is 119 cm³/mol. The van der Waals surface area contributed by atoms with Crippen molar-refractivity contribution in [3.63, 3.8) is 0 Å². The van der Waals surface area contributed by atoms with Crippen LogP contribution in [0.15, 0.2) is 84.0 Å². The van der Waals surface area contributed by atoms with Gasteiger partial charge in [0.15, 0.2) is 22.5 Å². The van der Waals surface area contributed by atoms with Gasteiger partial charge in [-0.25, -0.2) is 4.39 Å². The molecule has 1 aromatic heterocycles. The van der Waals surface area contributed by atoms with E-state index >= 15 is 0 Å². The van der Waals surface area contributed by atoms with Crippen molar-refractivity contribution in [1.29, 1.82) is 0 Å². The second kappa shape index (κ2) is 9.02. The lowest BCUT2D eigenvalue weighted by Gasteiger charge is -2.29. The summed E-state index contributed by atoms with van der Waals surface area (Å²) in [4.78, 5) is 0. The quantitative estimate of drug-likeness (QED) is 0.465. The highest BCUT2D eigenvalue weighted by molar-refractivity contribution is 7.99. The van der Waals surface area contributed by atoms with E-state index in [-0.39, 0.29) is 17.6 Å². The molecular weight excluding hydrogens is 429 g/mol. The molecule has 0 unspecified atom stereocenters. The van der Waals surface area contributed by atoms with Gasteiger partial charge in [-0.05, 0) is 30.3 Å². The molecule has 0 radical (unpaired) electrons. The molecule has 0 amide bonds. The molecule has 4 aromatic rings. The monoisotopic (exact) mass is 449 g/mol. The Morgan fingerprint density at radius 3 is 2.59 bits per heavy atom. The molecule has 1 aliphatic rings. The lowest BCUT2D eigenvalue weighted by atomic mass is 10.0. The minimum absolute atomic E-state index is 0.0376. The highest BCUT2D eigenvalue weighted by Gasteiger charge is 2.32. The van der Waals surface area contributed by atoms with Gasteiger partial charge in [-0.2, -0.15) is 0 Å². The van der Waals surface area contributed by atoms with Crippen molar-refractivity contribution in [2.75, 3.05) is 6.61 Å². The van der Waals surface area contributed by atoms with Gasteiger partial charge in [0.2, 0.25) is 0 Å². The average Bonchev–Trinajstić information content (AvgIpc) is 3.23. The Hall–Kier alpha value is -3.36. The summed E-state index contributed by atoms with van der Waals surface area (Å²) in [6, 6.07) is 23.3. The predicted octanol–water partition coefficient (Wildman–Crippen LogP) is 4.57. The van der Waals surface area contributed by atoms with Crippen LogP contribution in [0.5, 0.6) is 11.5 Å². The highest BCUT2D eigenvalue weighted by Crippen LogP contribution is 2.40. The molecule has 8 heteroatoms. The van der Waals surface area contributed by atoms with Crippen molar-refractivity contribution in [2.45, 2.75) is 23.1 Å². The molecule has 162 valence electrons. The molecule has 0 fully saturated rings. The maximum Gasteiger partial charge on any atom is 0.196 e. The number of hydrogen-bond donors (Lipinski definition) is 1. The van der Waals surface area contributed by atoms with Crippen molar-refractivity contribution in [1.82, 2.24) is 14.8 Å². The Morgan fingerprint density at radius 2 is 1.75 bits per heavy atom. The summed E-state index contributed by atoms with van der Waals surface area (Å²) in [6.07, 6.45) is -0.705. The molecule has 0 bridgehead atoms. The summed E-state index contributed by atoms with van der Waals surface area (Å²) >= 11 is 1.39. The number of para-hydroxylation sites is 3. The van der Waals surface area contributed by atoms with Crippen LogP contribution >= 0.6 is 11.8 Å². The molecular formula is C24H20FN3O3S. The lowest BCUT2D eigenvalue weighted by molar-refractivity contribution is 0.122. The van der Waals surface area contributed by atoms with Crippen molar-refractivity contribution in [3.05, 3.63) is 96.1 Å². The molecule has 2 heterocycles. The van der Waals surface area contributed by atoms with Gasteiger partial charge in [0, 0.05) is 11.3 Å². The number of aliphatic hydroxyl groups is 1. The van der Waals surface area contributed by atoms with Crippen LogP contribution in [0.3, 0.4) is 0 Å². The number of ether oxygens (including phenoxy) is 2. The third-order valence-corrected chi connectivity index (χ3v) is 6.33. The summed E-state index contributed by atoms with van der Waals surface area (Å²) in [7, 11) is 0. The Kier molecular flexibility index (Phi) is 5.79. The van der Waals surface area contributed by atoms with Crippen LogP contribution < -0.4 is 9.47 Å². The maximum atomic E-state index is 14.0. The fraction of sp³-hybridized carbons (Fsp3) is 0.167. The number of rotatable bonds is 6. The van der Waals surface area contributed by atoms with Gasteiger partial charge in [-0.15, -0.1) is 10.2 Å². The summed E-state index contributed by atoms with van der Waals surface area (Å²) in [5.74, 6) is 0.931. The Balaban J connectivity index is 1.43. The van der Waals surface area contributed by atoms with Gasteiger partial charge in [-0.3, -0.25) is 4.57 Å². The van der Waals surface area contributed by atoms with Crippen LogP contribution in [-0.2, 0) is 6.61 Å². The van der Waals surface area contributed by atoms with E-state index in [2.05, 4.69) is 10.2 Å². The fourth-order valence-corrected chi connectivity index (χ4v) is 4.65. The van der Waals surface area contributed by atoms with Crippen LogP contribution in [0, 0.1) is 5.82 Å². The standard InChI is InChI=1S/C24H20FN3O3S/c25-18-11-5-7-13-20(18)31-15-22-26-27-24(28(22)16-8-2-1-3-9-16)32-21-14-30-19-12-6-4-10-17(19)23(21)29/h1-13,21,23,29H,14-15H2/t21-,23-/m0/s1. The number of aliphatic hydroxyl groups excluding tert-OH is 1. The van der Waals surface area contributed by atoms with Gasteiger partial charge < -0.3 is 14.6 Å². The van der Waals surface area contributed by atoms with Gasteiger partial charge in [0.05, 0.1) is 11.4 Å². The first-order chi connectivity index (χ1) is 15.7. The number of hydrogen-bond acceptors (Lipinski definition) is 6.